The summed E-state index contributed by atoms with van der Waals surface area (Å²) in [6.07, 6.45) is 10.6. The lowest BCUT2D eigenvalue weighted by molar-refractivity contribution is -0.145. The zero-order valence-electron chi connectivity index (χ0n) is 20.3. The zero-order valence-corrected chi connectivity index (χ0v) is 20.3. The van der Waals surface area contributed by atoms with Crippen molar-refractivity contribution in [3.63, 3.8) is 0 Å². The van der Waals surface area contributed by atoms with E-state index < -0.39 is 0 Å². The molecule has 0 aliphatic heterocycles. The van der Waals surface area contributed by atoms with Gasteiger partial charge in [0.15, 0.2) is 0 Å². The molecule has 5 heteroatoms. The molecule has 1 heterocycles. The molecule has 2 aliphatic carbocycles. The number of hydrogen-bond acceptors (Lipinski definition) is 2. The Morgan fingerprint density at radius 3 is 2.39 bits per heavy atom. The van der Waals surface area contributed by atoms with Crippen LogP contribution >= 0.6 is 0 Å². The number of benzene rings is 1. The third kappa shape index (κ3) is 6.07. The summed E-state index contributed by atoms with van der Waals surface area (Å²) in [6, 6.07) is 15.0. The maximum atomic E-state index is 13.7. The molecule has 4 rings (SSSR count). The van der Waals surface area contributed by atoms with Crippen LogP contribution in [0.5, 0.6) is 0 Å². The summed E-state index contributed by atoms with van der Waals surface area (Å²) in [4.78, 5) is 30.7. The summed E-state index contributed by atoms with van der Waals surface area (Å²) in [5.74, 6) is 0.412. The van der Waals surface area contributed by atoms with Gasteiger partial charge in [-0.25, -0.2) is 0 Å². The molecule has 1 aromatic heterocycles. The summed E-state index contributed by atoms with van der Waals surface area (Å²) in [7, 11) is 0. The van der Waals surface area contributed by atoms with Gasteiger partial charge in [-0.2, -0.15) is 0 Å². The van der Waals surface area contributed by atoms with Gasteiger partial charge in [0, 0.05) is 36.4 Å². The summed E-state index contributed by atoms with van der Waals surface area (Å²) in [5, 5.41) is 0. The van der Waals surface area contributed by atoms with E-state index in [2.05, 4.69) is 65.9 Å². The topological polar surface area (TPSA) is 45.6 Å². The molecule has 0 N–H and O–H groups in total. The highest BCUT2D eigenvalue weighted by Crippen LogP contribution is 2.32. The van der Waals surface area contributed by atoms with Crippen molar-refractivity contribution in [1.82, 2.24) is 14.4 Å². The van der Waals surface area contributed by atoms with E-state index in [4.69, 9.17) is 0 Å². The van der Waals surface area contributed by atoms with E-state index in [1.807, 2.05) is 11.0 Å². The molecule has 0 saturated heterocycles. The molecular formula is C28H39N3O2. The number of hydrogen-bond donors (Lipinski definition) is 0. The van der Waals surface area contributed by atoms with Crippen molar-refractivity contribution in [2.75, 3.05) is 6.54 Å². The molecule has 1 atom stereocenters. The molecular weight excluding hydrogens is 410 g/mol. The van der Waals surface area contributed by atoms with Gasteiger partial charge in [0.25, 0.3) is 0 Å². The predicted molar refractivity (Wildman–Crippen MR) is 132 cm³/mol. The average molecular weight is 450 g/mol. The molecule has 5 nitrogen and oxygen atoms in total. The van der Waals surface area contributed by atoms with Gasteiger partial charge >= 0.3 is 0 Å². The van der Waals surface area contributed by atoms with Crippen molar-refractivity contribution in [1.29, 1.82) is 0 Å². The van der Waals surface area contributed by atoms with Gasteiger partial charge in [-0.3, -0.25) is 9.59 Å². The minimum Gasteiger partial charge on any atom is -0.345 e. The molecule has 33 heavy (non-hydrogen) atoms. The van der Waals surface area contributed by atoms with Crippen LogP contribution in [0.15, 0.2) is 48.7 Å². The van der Waals surface area contributed by atoms with Gasteiger partial charge in [0.05, 0.1) is 6.54 Å². The van der Waals surface area contributed by atoms with E-state index in [-0.39, 0.29) is 36.4 Å². The average Bonchev–Trinajstić information content (AvgIpc) is 3.62. The Labute approximate surface area is 198 Å². The van der Waals surface area contributed by atoms with Crippen LogP contribution in [0, 0.1) is 5.92 Å². The number of rotatable bonds is 10. The van der Waals surface area contributed by atoms with Crippen molar-refractivity contribution in [2.24, 2.45) is 5.92 Å². The maximum absolute atomic E-state index is 13.7. The number of nitrogens with zero attached hydrogens (tertiary/aromatic N) is 3. The molecule has 0 spiro atoms. The Balaban J connectivity index is 1.52. The summed E-state index contributed by atoms with van der Waals surface area (Å²) in [5.41, 5.74) is 2.41. The first-order valence-electron chi connectivity index (χ1n) is 12.8. The van der Waals surface area contributed by atoms with Gasteiger partial charge in [-0.05, 0) is 56.7 Å². The number of aromatic nitrogens is 1. The third-order valence-electron chi connectivity index (χ3n) is 7.43. The Morgan fingerprint density at radius 2 is 1.73 bits per heavy atom. The minimum absolute atomic E-state index is 0.0946. The fourth-order valence-electron chi connectivity index (χ4n) is 4.99. The Hall–Kier alpha value is -2.56. The van der Waals surface area contributed by atoms with E-state index in [0.29, 0.717) is 6.54 Å². The van der Waals surface area contributed by atoms with Crippen molar-refractivity contribution in [3.05, 3.63) is 59.9 Å². The molecule has 2 saturated carbocycles. The number of carbonyl (C=O) groups excluding carboxylic acids is 2. The molecule has 0 radical (unpaired) electrons. The summed E-state index contributed by atoms with van der Waals surface area (Å²) < 4.78 is 2.25. The standard InChI is InChI=1S/C28H39N3O2/c1-3-22(2)30(28(33)24-16-17-24)21-27(32)31(25-13-8-5-9-14-25)20-26-15-10-18-29(26)19-23-11-6-4-7-12-23/h4,6-7,10-12,15,18,22,24-25H,3,5,8-9,13-14,16-17,19-21H2,1-2H3. The summed E-state index contributed by atoms with van der Waals surface area (Å²) >= 11 is 0. The molecule has 2 amide bonds. The number of carbonyl (C=O) groups is 2. The second-order valence-electron chi connectivity index (χ2n) is 9.92. The highest BCUT2D eigenvalue weighted by molar-refractivity contribution is 5.87. The van der Waals surface area contributed by atoms with Gasteiger partial charge < -0.3 is 14.4 Å². The molecule has 1 unspecified atom stereocenters. The van der Waals surface area contributed by atoms with Crippen molar-refractivity contribution in [3.8, 4) is 0 Å². The van der Waals surface area contributed by atoms with E-state index in [0.717, 1.165) is 44.3 Å². The van der Waals surface area contributed by atoms with Crippen LogP contribution in [0.2, 0.25) is 0 Å². The summed E-state index contributed by atoms with van der Waals surface area (Å²) in [6.45, 7) is 5.78. The van der Waals surface area contributed by atoms with Gasteiger partial charge in [-0.1, -0.05) is 56.5 Å². The number of amides is 2. The first kappa shape index (κ1) is 23.6. The first-order chi connectivity index (χ1) is 16.1. The zero-order chi connectivity index (χ0) is 23.2. The van der Waals surface area contributed by atoms with Crippen molar-refractivity contribution < 1.29 is 9.59 Å². The van der Waals surface area contributed by atoms with Crippen LogP contribution in [-0.4, -0.2) is 44.8 Å². The Kier molecular flexibility index (Phi) is 7.89. The van der Waals surface area contributed by atoms with Gasteiger partial charge in [-0.15, -0.1) is 0 Å². The predicted octanol–water partition coefficient (Wildman–Crippen LogP) is 5.23. The maximum Gasteiger partial charge on any atom is 0.242 e. The highest BCUT2D eigenvalue weighted by atomic mass is 16.2. The van der Waals surface area contributed by atoms with Crippen LogP contribution in [0.1, 0.15) is 76.5 Å². The second kappa shape index (κ2) is 11.0. The molecule has 2 fully saturated rings. The molecule has 2 aromatic rings. The fourth-order valence-corrected chi connectivity index (χ4v) is 4.99. The minimum atomic E-state index is 0.0946. The Bertz CT molecular complexity index is 912. The first-order valence-corrected chi connectivity index (χ1v) is 12.8. The quantitative estimate of drug-likeness (QED) is 0.498. The van der Waals surface area contributed by atoms with E-state index in [9.17, 15) is 9.59 Å². The SMILES string of the molecule is CCC(C)N(CC(=O)N(Cc1cccn1Cc1ccccc1)C1CCCCC1)C(=O)C1CC1. The van der Waals surface area contributed by atoms with Crippen LogP contribution < -0.4 is 0 Å². The lowest BCUT2D eigenvalue weighted by Gasteiger charge is -2.37. The van der Waals surface area contributed by atoms with Gasteiger partial charge in [0.1, 0.15) is 6.54 Å². The van der Waals surface area contributed by atoms with Crippen molar-refractivity contribution in [2.45, 2.75) is 90.4 Å². The lowest BCUT2D eigenvalue weighted by Crippen LogP contribution is -2.50. The monoisotopic (exact) mass is 449 g/mol. The van der Waals surface area contributed by atoms with E-state index >= 15 is 0 Å². The normalized spacial score (nSPS) is 17.5. The van der Waals surface area contributed by atoms with Crippen molar-refractivity contribution >= 4 is 11.8 Å². The molecule has 178 valence electrons. The van der Waals surface area contributed by atoms with Crippen LogP contribution in [-0.2, 0) is 22.7 Å². The molecule has 0 bridgehead atoms. The highest BCUT2D eigenvalue weighted by Gasteiger charge is 2.37. The molecule has 2 aliphatic rings. The van der Waals surface area contributed by atoms with Crippen LogP contribution in [0.4, 0.5) is 0 Å². The van der Waals surface area contributed by atoms with Crippen LogP contribution in [0.25, 0.3) is 0 Å². The molecule has 1 aromatic carbocycles. The van der Waals surface area contributed by atoms with E-state index in [1.165, 1.54) is 24.8 Å². The third-order valence-corrected chi connectivity index (χ3v) is 7.43. The fraction of sp³-hybridized carbons (Fsp3) is 0.571. The Morgan fingerprint density at radius 1 is 1.00 bits per heavy atom. The van der Waals surface area contributed by atoms with Gasteiger partial charge in [0.2, 0.25) is 11.8 Å². The lowest BCUT2D eigenvalue weighted by atomic mass is 9.94. The van der Waals surface area contributed by atoms with E-state index in [1.54, 1.807) is 0 Å². The van der Waals surface area contributed by atoms with Crippen LogP contribution in [0.3, 0.4) is 0 Å². The largest absolute Gasteiger partial charge is 0.345 e. The second-order valence-corrected chi connectivity index (χ2v) is 9.92. The smallest absolute Gasteiger partial charge is 0.242 e.